The van der Waals surface area contributed by atoms with Crippen LogP contribution in [0.5, 0.6) is 5.75 Å². The van der Waals surface area contributed by atoms with Crippen molar-refractivity contribution in [3.05, 3.63) is 52.9 Å². The van der Waals surface area contributed by atoms with E-state index in [0.717, 1.165) is 37.7 Å². The van der Waals surface area contributed by atoms with E-state index < -0.39 is 23.0 Å². The largest absolute Gasteiger partial charge is 0.490 e. The molecule has 1 aromatic rings. The normalized spacial score (nSPS) is 32.0. The lowest BCUT2D eigenvalue weighted by atomic mass is 9.62. The molecule has 5 rings (SSSR count). The monoisotopic (exact) mass is 556 g/mol. The van der Waals surface area contributed by atoms with Gasteiger partial charge in [-0.05, 0) is 92.0 Å². The highest BCUT2D eigenvalue weighted by molar-refractivity contribution is 5.88. The Labute approximate surface area is 235 Å². The van der Waals surface area contributed by atoms with E-state index in [2.05, 4.69) is 10.6 Å². The van der Waals surface area contributed by atoms with Crippen LogP contribution >= 0.6 is 0 Å². The third-order valence-corrected chi connectivity index (χ3v) is 9.49. The molecule has 0 spiro atoms. The molecule has 218 valence electrons. The van der Waals surface area contributed by atoms with Crippen LogP contribution in [0.1, 0.15) is 88.1 Å². The Hall–Kier alpha value is -2.74. The van der Waals surface area contributed by atoms with Crippen LogP contribution in [-0.4, -0.2) is 48.4 Å². The molecule has 40 heavy (non-hydrogen) atoms. The molecule has 1 aromatic carbocycles. The van der Waals surface area contributed by atoms with Gasteiger partial charge in [-0.15, -0.1) is 0 Å². The maximum absolute atomic E-state index is 15.4. The number of piperidine rings is 1. The van der Waals surface area contributed by atoms with Gasteiger partial charge >= 0.3 is 5.97 Å². The average Bonchev–Trinajstić information content (AvgIpc) is 3.30. The summed E-state index contributed by atoms with van der Waals surface area (Å²) in [5, 5.41) is 15.6. The van der Waals surface area contributed by atoms with Gasteiger partial charge in [0.05, 0.1) is 11.7 Å². The van der Waals surface area contributed by atoms with E-state index >= 15 is 8.78 Å². The van der Waals surface area contributed by atoms with Crippen LogP contribution in [-0.2, 0) is 10.2 Å². The molecule has 2 saturated carbocycles. The molecule has 3 fully saturated rings. The van der Waals surface area contributed by atoms with Gasteiger partial charge in [0.15, 0.2) is 0 Å². The van der Waals surface area contributed by atoms with Crippen LogP contribution in [0.3, 0.4) is 0 Å². The lowest BCUT2D eigenvalue weighted by Gasteiger charge is -2.42. The first-order chi connectivity index (χ1) is 18.9. The second-order valence-electron chi connectivity index (χ2n) is 13.4. The number of halogens is 2. The lowest BCUT2D eigenvalue weighted by molar-refractivity contribution is -0.136. The Morgan fingerprint density at radius 1 is 1.15 bits per heavy atom. The van der Waals surface area contributed by atoms with Gasteiger partial charge in [-0.2, -0.15) is 0 Å². The minimum atomic E-state index is -1.91. The highest BCUT2D eigenvalue weighted by Gasteiger charge is 2.47. The number of alkyl halides is 1. The van der Waals surface area contributed by atoms with Gasteiger partial charge in [0.1, 0.15) is 11.6 Å². The van der Waals surface area contributed by atoms with Crippen LogP contribution in [0.2, 0.25) is 0 Å². The molecule has 0 aromatic heterocycles. The number of carbonyl (C=O) groups is 2. The second kappa shape index (κ2) is 10.9. The standard InChI is InChI=1S/C32H42F2N2O4/c1-30(2)17-32(34,19-35-18-30)29(39)36-16-20-9-11-23(14-20)40-26-12-10-22(28(37)38)15-24(26)31(3)13-5-8-25(33)27(31)21-6-4-7-21/h5,8,10,12,15,20-21,23,35H,4,6-7,9,11,13-14,16-19H2,1-3H3,(H,36,39)(H,37,38)/t20?,23-,31?,32+/m1/s1. The number of carbonyl (C=O) groups excluding carboxylic acids is 1. The molecule has 1 amide bonds. The number of benzene rings is 1. The topological polar surface area (TPSA) is 87.7 Å². The van der Waals surface area contributed by atoms with Crippen LogP contribution in [0.4, 0.5) is 8.78 Å². The summed E-state index contributed by atoms with van der Waals surface area (Å²) < 4.78 is 37.2. The van der Waals surface area contributed by atoms with Crippen molar-refractivity contribution in [2.45, 2.75) is 89.3 Å². The van der Waals surface area contributed by atoms with E-state index in [1.54, 1.807) is 24.3 Å². The summed E-state index contributed by atoms with van der Waals surface area (Å²) in [5.41, 5.74) is -1.29. The SMILES string of the molecule is CC1(C)CNC[C@](F)(C(=O)NCC2CC[C@@H](Oc3ccc(C(=O)O)cc3C3(C)CC=CC(F)=C3C3CCC3)C2)C1. The van der Waals surface area contributed by atoms with E-state index in [1.807, 2.05) is 26.8 Å². The van der Waals surface area contributed by atoms with Crippen LogP contribution in [0.25, 0.3) is 0 Å². The molecule has 4 atom stereocenters. The summed E-state index contributed by atoms with van der Waals surface area (Å²) in [5.74, 6) is -0.917. The maximum Gasteiger partial charge on any atom is 0.335 e. The minimum absolute atomic E-state index is 0.0274. The molecule has 4 aliphatic rings. The third-order valence-electron chi connectivity index (χ3n) is 9.49. The molecular formula is C32H42F2N2O4. The third kappa shape index (κ3) is 5.69. The Kier molecular flexibility index (Phi) is 7.85. The fourth-order valence-corrected chi connectivity index (χ4v) is 7.20. The van der Waals surface area contributed by atoms with E-state index in [-0.39, 0.29) is 47.7 Å². The molecule has 6 nitrogen and oxygen atoms in total. The van der Waals surface area contributed by atoms with E-state index in [0.29, 0.717) is 37.2 Å². The summed E-state index contributed by atoms with van der Waals surface area (Å²) >= 11 is 0. The number of nitrogens with one attached hydrogen (secondary N) is 2. The first kappa shape index (κ1) is 28.8. The van der Waals surface area contributed by atoms with Crippen molar-refractivity contribution >= 4 is 11.9 Å². The molecule has 0 radical (unpaired) electrons. The van der Waals surface area contributed by atoms with Crippen molar-refractivity contribution < 1.29 is 28.2 Å². The van der Waals surface area contributed by atoms with Crippen molar-refractivity contribution in [2.24, 2.45) is 17.3 Å². The van der Waals surface area contributed by atoms with Crippen LogP contribution < -0.4 is 15.4 Å². The minimum Gasteiger partial charge on any atom is -0.490 e. The molecule has 8 heteroatoms. The van der Waals surface area contributed by atoms with Crippen molar-refractivity contribution in [3.63, 3.8) is 0 Å². The molecular weight excluding hydrogens is 514 g/mol. The van der Waals surface area contributed by atoms with E-state index in [1.165, 1.54) is 0 Å². The van der Waals surface area contributed by atoms with Gasteiger partial charge in [-0.1, -0.05) is 33.3 Å². The highest BCUT2D eigenvalue weighted by atomic mass is 19.1. The zero-order chi connectivity index (χ0) is 28.7. The summed E-state index contributed by atoms with van der Waals surface area (Å²) in [6.45, 7) is 7.01. The Morgan fingerprint density at radius 3 is 2.60 bits per heavy atom. The van der Waals surface area contributed by atoms with E-state index in [4.69, 9.17) is 4.74 Å². The number of carboxylic acid groups (broad SMARTS) is 1. The molecule has 2 unspecified atom stereocenters. The molecule has 1 aliphatic heterocycles. The van der Waals surface area contributed by atoms with Crippen molar-refractivity contribution in [3.8, 4) is 5.75 Å². The summed E-state index contributed by atoms with van der Waals surface area (Å²) in [7, 11) is 0. The highest BCUT2D eigenvalue weighted by Crippen LogP contribution is 2.52. The first-order valence-electron chi connectivity index (χ1n) is 14.7. The van der Waals surface area contributed by atoms with Crippen LogP contribution in [0, 0.1) is 17.3 Å². The van der Waals surface area contributed by atoms with Gasteiger partial charge in [0.2, 0.25) is 5.67 Å². The van der Waals surface area contributed by atoms with Gasteiger partial charge < -0.3 is 20.5 Å². The van der Waals surface area contributed by atoms with Crippen molar-refractivity contribution in [1.82, 2.24) is 10.6 Å². The average molecular weight is 557 g/mol. The fourth-order valence-electron chi connectivity index (χ4n) is 7.20. The zero-order valence-electron chi connectivity index (χ0n) is 23.8. The van der Waals surface area contributed by atoms with Crippen molar-refractivity contribution in [1.29, 1.82) is 0 Å². The molecule has 3 N–H and O–H groups in total. The second-order valence-corrected chi connectivity index (χ2v) is 13.4. The number of carboxylic acids is 1. The number of amides is 1. The molecule has 0 bridgehead atoms. The Bertz CT molecular complexity index is 1220. The number of rotatable bonds is 8. The predicted octanol–water partition coefficient (Wildman–Crippen LogP) is 6.02. The molecule has 1 saturated heterocycles. The fraction of sp³-hybridized carbons (Fsp3) is 0.625. The lowest BCUT2D eigenvalue weighted by Crippen LogP contribution is -2.58. The number of hydrogen-bond donors (Lipinski definition) is 3. The molecule has 3 aliphatic carbocycles. The number of ether oxygens (including phenoxy) is 1. The first-order valence-corrected chi connectivity index (χ1v) is 14.7. The Morgan fingerprint density at radius 2 is 1.93 bits per heavy atom. The van der Waals surface area contributed by atoms with Gasteiger partial charge in [-0.3, -0.25) is 4.79 Å². The van der Waals surface area contributed by atoms with E-state index in [9.17, 15) is 14.7 Å². The van der Waals surface area contributed by atoms with Gasteiger partial charge in [-0.25, -0.2) is 13.6 Å². The van der Waals surface area contributed by atoms with Gasteiger partial charge in [0, 0.05) is 30.6 Å². The summed E-state index contributed by atoms with van der Waals surface area (Å²) in [4.78, 5) is 24.7. The Balaban J connectivity index is 1.29. The van der Waals surface area contributed by atoms with Crippen molar-refractivity contribution in [2.75, 3.05) is 19.6 Å². The molecule has 1 heterocycles. The van der Waals surface area contributed by atoms with Crippen LogP contribution in [0.15, 0.2) is 41.8 Å². The predicted molar refractivity (Wildman–Crippen MR) is 150 cm³/mol. The zero-order valence-corrected chi connectivity index (χ0v) is 23.8. The summed E-state index contributed by atoms with van der Waals surface area (Å²) in [6, 6.07) is 4.90. The number of allylic oxidation sites excluding steroid dienone is 4. The smallest absolute Gasteiger partial charge is 0.335 e. The number of hydrogen-bond acceptors (Lipinski definition) is 4. The quantitative estimate of drug-likeness (QED) is 0.365. The van der Waals surface area contributed by atoms with Gasteiger partial charge in [0.25, 0.3) is 5.91 Å². The summed E-state index contributed by atoms with van der Waals surface area (Å²) in [6.07, 6.45) is 9.23. The maximum atomic E-state index is 15.4. The number of aromatic carboxylic acids is 1.